The van der Waals surface area contributed by atoms with Crippen molar-refractivity contribution in [3.63, 3.8) is 0 Å². The summed E-state index contributed by atoms with van der Waals surface area (Å²) in [6.45, 7) is 10.3. The summed E-state index contributed by atoms with van der Waals surface area (Å²) in [7, 11) is 0. The van der Waals surface area contributed by atoms with Crippen molar-refractivity contribution >= 4 is 5.91 Å². The van der Waals surface area contributed by atoms with Crippen molar-refractivity contribution < 1.29 is 4.79 Å². The third-order valence-corrected chi connectivity index (χ3v) is 5.89. The van der Waals surface area contributed by atoms with Crippen molar-refractivity contribution in [1.82, 2.24) is 15.1 Å². The van der Waals surface area contributed by atoms with Crippen LogP contribution in [0.15, 0.2) is 36.4 Å². The average Bonchev–Trinajstić information content (AvgIpc) is 3.21. The molecular formula is C22H33N3O. The van der Waals surface area contributed by atoms with Crippen LogP contribution in [-0.4, -0.2) is 61.0 Å². The second kappa shape index (κ2) is 9.33. The molecule has 0 aromatic heterocycles. The van der Waals surface area contributed by atoms with Crippen molar-refractivity contribution in [2.75, 3.05) is 39.3 Å². The molecule has 2 heterocycles. The molecule has 2 aliphatic rings. The molecular weight excluding hydrogens is 322 g/mol. The van der Waals surface area contributed by atoms with Crippen LogP contribution in [0.2, 0.25) is 0 Å². The second-order valence-electron chi connectivity index (χ2n) is 7.65. The van der Waals surface area contributed by atoms with Gasteiger partial charge < -0.3 is 9.80 Å². The molecule has 1 N–H and O–H groups in total. The Kier molecular flexibility index (Phi) is 6.86. The van der Waals surface area contributed by atoms with Crippen LogP contribution >= 0.6 is 0 Å². The number of likely N-dealkylation sites (N-methyl/N-ethyl adjacent to an activating group) is 1. The van der Waals surface area contributed by atoms with E-state index in [4.69, 9.17) is 0 Å². The maximum atomic E-state index is 12.6. The summed E-state index contributed by atoms with van der Waals surface area (Å²) >= 11 is 0. The molecule has 2 aliphatic heterocycles. The van der Waals surface area contributed by atoms with Crippen molar-refractivity contribution in [2.45, 2.75) is 39.2 Å². The van der Waals surface area contributed by atoms with E-state index in [0.29, 0.717) is 5.92 Å². The van der Waals surface area contributed by atoms with E-state index in [1.54, 1.807) is 0 Å². The van der Waals surface area contributed by atoms with Gasteiger partial charge in [0.2, 0.25) is 5.91 Å². The van der Waals surface area contributed by atoms with E-state index in [2.05, 4.69) is 48.3 Å². The van der Waals surface area contributed by atoms with Crippen molar-refractivity contribution in [3.8, 4) is 0 Å². The molecule has 0 bridgehead atoms. The Morgan fingerprint density at radius 3 is 2.69 bits per heavy atom. The minimum atomic E-state index is -0.107. The molecule has 4 nitrogen and oxygen atoms in total. The summed E-state index contributed by atoms with van der Waals surface area (Å²) in [5.41, 5.74) is 2.86. The SMILES string of the molecule is CCN(CC1CCN(CCc2ccccc2C)CC1)C(=O)[C@H]1C=CCN1. The number of rotatable bonds is 7. The van der Waals surface area contributed by atoms with Gasteiger partial charge in [0.25, 0.3) is 0 Å². The normalized spacial score (nSPS) is 21.2. The van der Waals surface area contributed by atoms with E-state index in [9.17, 15) is 4.79 Å². The number of carbonyl (C=O) groups excluding carboxylic acids is 1. The zero-order valence-electron chi connectivity index (χ0n) is 16.3. The van der Waals surface area contributed by atoms with Crippen molar-refractivity contribution in [3.05, 3.63) is 47.5 Å². The monoisotopic (exact) mass is 355 g/mol. The molecule has 26 heavy (non-hydrogen) atoms. The first-order valence-electron chi connectivity index (χ1n) is 10.1. The van der Waals surface area contributed by atoms with Crippen molar-refractivity contribution in [1.29, 1.82) is 0 Å². The highest BCUT2D eigenvalue weighted by molar-refractivity contribution is 5.84. The number of piperidine rings is 1. The number of amides is 1. The Morgan fingerprint density at radius 2 is 2.04 bits per heavy atom. The largest absolute Gasteiger partial charge is 0.341 e. The van der Waals surface area contributed by atoms with Gasteiger partial charge in [0, 0.05) is 26.2 Å². The molecule has 1 aromatic rings. The topological polar surface area (TPSA) is 35.6 Å². The van der Waals surface area contributed by atoms with E-state index in [1.165, 1.54) is 24.0 Å². The predicted octanol–water partition coefficient (Wildman–Crippen LogP) is 2.63. The number of nitrogens with one attached hydrogen (secondary N) is 1. The summed E-state index contributed by atoms with van der Waals surface area (Å²) in [6, 6.07) is 8.59. The Bertz CT molecular complexity index is 620. The fraction of sp³-hybridized carbons (Fsp3) is 0.591. The summed E-state index contributed by atoms with van der Waals surface area (Å²) in [5.74, 6) is 0.877. The van der Waals surface area contributed by atoms with Gasteiger partial charge in [-0.2, -0.15) is 0 Å². The Morgan fingerprint density at radius 1 is 1.27 bits per heavy atom. The van der Waals surface area contributed by atoms with Gasteiger partial charge in [-0.05, 0) is 63.2 Å². The zero-order valence-corrected chi connectivity index (χ0v) is 16.3. The molecule has 4 heteroatoms. The third-order valence-electron chi connectivity index (χ3n) is 5.89. The lowest BCUT2D eigenvalue weighted by atomic mass is 9.95. The number of nitrogens with zero attached hydrogens (tertiary/aromatic N) is 2. The summed E-state index contributed by atoms with van der Waals surface area (Å²) in [6.07, 6.45) is 7.58. The van der Waals surface area contributed by atoms with E-state index >= 15 is 0 Å². The van der Waals surface area contributed by atoms with Gasteiger partial charge >= 0.3 is 0 Å². The molecule has 0 unspecified atom stereocenters. The first kappa shape index (κ1) is 19.1. The predicted molar refractivity (Wildman–Crippen MR) is 107 cm³/mol. The fourth-order valence-corrected chi connectivity index (χ4v) is 4.08. The standard InChI is InChI=1S/C22H33N3O/c1-3-25(22(26)21-9-6-13-23-21)17-19-10-14-24(15-11-19)16-12-20-8-5-4-7-18(20)2/h4-9,19,21,23H,3,10-17H2,1-2H3/t21-/m1/s1. The number of likely N-dealkylation sites (tertiary alicyclic amines) is 1. The van der Waals surface area contributed by atoms with Gasteiger partial charge in [0.1, 0.15) is 6.04 Å². The number of carbonyl (C=O) groups is 1. The molecule has 1 fully saturated rings. The Labute approximate surface area is 158 Å². The highest BCUT2D eigenvalue weighted by Gasteiger charge is 2.26. The molecule has 1 atom stereocenters. The second-order valence-corrected chi connectivity index (χ2v) is 7.65. The lowest BCUT2D eigenvalue weighted by Crippen LogP contribution is -2.47. The fourth-order valence-electron chi connectivity index (χ4n) is 4.08. The van der Waals surface area contributed by atoms with Crippen LogP contribution in [0.3, 0.4) is 0 Å². The number of benzene rings is 1. The first-order chi connectivity index (χ1) is 12.7. The molecule has 0 saturated carbocycles. The number of hydrogen-bond acceptors (Lipinski definition) is 3. The molecule has 1 saturated heterocycles. The molecule has 3 rings (SSSR count). The maximum Gasteiger partial charge on any atom is 0.243 e. The Hall–Kier alpha value is -1.65. The van der Waals surface area contributed by atoms with Crippen LogP contribution in [0.25, 0.3) is 0 Å². The quantitative estimate of drug-likeness (QED) is 0.764. The van der Waals surface area contributed by atoms with Gasteiger partial charge in [-0.15, -0.1) is 0 Å². The van der Waals surface area contributed by atoms with Crippen LogP contribution < -0.4 is 5.32 Å². The highest BCUT2D eigenvalue weighted by Crippen LogP contribution is 2.20. The highest BCUT2D eigenvalue weighted by atomic mass is 16.2. The number of hydrogen-bond donors (Lipinski definition) is 1. The summed E-state index contributed by atoms with van der Waals surface area (Å²) < 4.78 is 0. The third kappa shape index (κ3) is 4.95. The zero-order chi connectivity index (χ0) is 18.4. The van der Waals surface area contributed by atoms with Gasteiger partial charge in [-0.1, -0.05) is 36.4 Å². The van der Waals surface area contributed by atoms with Crippen molar-refractivity contribution in [2.24, 2.45) is 5.92 Å². The average molecular weight is 356 g/mol. The smallest absolute Gasteiger partial charge is 0.243 e. The lowest BCUT2D eigenvalue weighted by molar-refractivity contribution is -0.132. The van der Waals surface area contributed by atoms with Crippen LogP contribution in [0.4, 0.5) is 0 Å². The number of aryl methyl sites for hydroxylation is 1. The molecule has 142 valence electrons. The molecule has 0 aliphatic carbocycles. The van der Waals surface area contributed by atoms with Gasteiger partial charge in [0.05, 0.1) is 0 Å². The Balaban J connectivity index is 1.42. The van der Waals surface area contributed by atoms with Crippen LogP contribution in [0, 0.1) is 12.8 Å². The molecule has 0 radical (unpaired) electrons. The molecule has 1 amide bonds. The van der Waals surface area contributed by atoms with Gasteiger partial charge in [-0.3, -0.25) is 10.1 Å². The van der Waals surface area contributed by atoms with Crippen LogP contribution in [0.1, 0.15) is 30.9 Å². The summed E-state index contributed by atoms with van der Waals surface area (Å²) in [4.78, 5) is 17.2. The molecule has 0 spiro atoms. The maximum absolute atomic E-state index is 12.6. The van der Waals surface area contributed by atoms with E-state index in [-0.39, 0.29) is 11.9 Å². The van der Waals surface area contributed by atoms with Gasteiger partial charge in [0.15, 0.2) is 0 Å². The van der Waals surface area contributed by atoms with E-state index < -0.39 is 0 Å². The summed E-state index contributed by atoms with van der Waals surface area (Å²) in [5, 5.41) is 3.24. The minimum Gasteiger partial charge on any atom is -0.341 e. The van der Waals surface area contributed by atoms with E-state index in [0.717, 1.165) is 45.7 Å². The minimum absolute atomic E-state index is 0.107. The van der Waals surface area contributed by atoms with Crippen LogP contribution in [0.5, 0.6) is 0 Å². The van der Waals surface area contributed by atoms with E-state index in [1.807, 2.05) is 17.1 Å². The first-order valence-corrected chi connectivity index (χ1v) is 10.1. The van der Waals surface area contributed by atoms with Gasteiger partial charge in [-0.25, -0.2) is 0 Å². The molecule has 1 aromatic carbocycles. The van der Waals surface area contributed by atoms with Crippen LogP contribution in [-0.2, 0) is 11.2 Å². The lowest BCUT2D eigenvalue weighted by Gasteiger charge is -2.35.